The Balaban J connectivity index is 0.000000612. The Morgan fingerprint density at radius 2 is 1.55 bits per heavy atom. The molecular weight excluding hydrogens is 250 g/mol. The summed E-state index contributed by atoms with van der Waals surface area (Å²) in [6.07, 6.45) is 0.250. The Kier molecular flexibility index (Phi) is 5.70. The van der Waals surface area contributed by atoms with E-state index in [1.54, 1.807) is 0 Å². The molecule has 0 unspecified atom stereocenters. The molecule has 0 saturated heterocycles. The summed E-state index contributed by atoms with van der Waals surface area (Å²) in [7, 11) is 4.16. The van der Waals surface area contributed by atoms with E-state index in [0.717, 1.165) is 0 Å². The van der Waals surface area contributed by atoms with Crippen LogP contribution in [0.1, 0.15) is 11.1 Å². The normalized spacial score (nSPS) is 9.20. The van der Waals surface area contributed by atoms with Crippen LogP contribution in [0, 0.1) is 13.8 Å². The predicted molar refractivity (Wildman–Crippen MR) is 80.7 cm³/mol. The van der Waals surface area contributed by atoms with E-state index in [-0.39, 0.29) is 6.15 Å². The third kappa shape index (κ3) is 4.08. The highest BCUT2D eigenvalue weighted by Crippen LogP contribution is 2.28. The van der Waals surface area contributed by atoms with E-state index in [1.807, 2.05) is 0 Å². The van der Waals surface area contributed by atoms with Gasteiger partial charge in [-0.3, -0.25) is 0 Å². The molecule has 0 aliphatic rings. The molecule has 0 amide bonds. The van der Waals surface area contributed by atoms with E-state index >= 15 is 0 Å². The van der Waals surface area contributed by atoms with E-state index in [9.17, 15) is 0 Å². The zero-order valence-corrected chi connectivity index (χ0v) is 12.3. The molecule has 20 heavy (non-hydrogen) atoms. The molecule has 0 spiro atoms. The minimum Gasteiger partial charge on any atom is -0.378 e. The maximum Gasteiger partial charge on any atom is 0.373 e. The summed E-state index contributed by atoms with van der Waals surface area (Å²) in [5.41, 5.74) is 6.49. The first-order chi connectivity index (χ1) is 9.49. The zero-order valence-electron chi connectivity index (χ0n) is 12.3. The van der Waals surface area contributed by atoms with Crippen molar-refractivity contribution in [1.29, 1.82) is 0 Å². The summed E-state index contributed by atoms with van der Waals surface area (Å²) in [5, 5.41) is 0. The van der Waals surface area contributed by atoms with Crippen LogP contribution in [-0.4, -0.2) is 20.2 Å². The molecule has 2 rings (SSSR count). The number of benzene rings is 2. The Morgan fingerprint density at radius 3 is 2.10 bits per heavy atom. The molecule has 0 aromatic heterocycles. The average molecular weight is 269 g/mol. The van der Waals surface area contributed by atoms with Crippen molar-refractivity contribution in [2.45, 2.75) is 13.8 Å². The van der Waals surface area contributed by atoms with Crippen molar-refractivity contribution < 1.29 is 9.59 Å². The van der Waals surface area contributed by atoms with E-state index < -0.39 is 0 Å². The average Bonchev–Trinajstić information content (AvgIpc) is 2.39. The van der Waals surface area contributed by atoms with Crippen molar-refractivity contribution >= 4 is 11.8 Å². The highest BCUT2D eigenvalue weighted by molar-refractivity contribution is 5.72. The van der Waals surface area contributed by atoms with Crippen molar-refractivity contribution in [1.82, 2.24) is 0 Å². The fraction of sp³-hybridized carbons (Fsp3) is 0.235. The molecule has 0 saturated carbocycles. The number of hydrogen-bond acceptors (Lipinski definition) is 3. The van der Waals surface area contributed by atoms with Gasteiger partial charge in [-0.05, 0) is 48.2 Å². The van der Waals surface area contributed by atoms with Crippen molar-refractivity contribution in [3.8, 4) is 11.1 Å². The Labute approximate surface area is 119 Å². The van der Waals surface area contributed by atoms with E-state index in [4.69, 9.17) is 9.59 Å². The highest BCUT2D eigenvalue weighted by Gasteiger charge is 2.04. The van der Waals surface area contributed by atoms with Crippen molar-refractivity contribution in [3.05, 3.63) is 53.6 Å². The molecule has 2 aromatic rings. The van der Waals surface area contributed by atoms with Gasteiger partial charge in [0.05, 0.1) is 0 Å². The molecule has 0 heterocycles. The number of nitrogens with zero attached hydrogens (tertiary/aromatic N) is 1. The summed E-state index contributed by atoms with van der Waals surface area (Å²) in [5.74, 6) is 0. The van der Waals surface area contributed by atoms with Gasteiger partial charge in [0.2, 0.25) is 0 Å². The van der Waals surface area contributed by atoms with Gasteiger partial charge in [-0.2, -0.15) is 9.59 Å². The molecule has 3 nitrogen and oxygen atoms in total. The minimum absolute atomic E-state index is 0.250. The van der Waals surface area contributed by atoms with Gasteiger partial charge in [0.25, 0.3) is 0 Å². The van der Waals surface area contributed by atoms with Crippen molar-refractivity contribution in [2.24, 2.45) is 0 Å². The molecule has 0 aliphatic carbocycles. The largest absolute Gasteiger partial charge is 0.378 e. The first kappa shape index (κ1) is 15.7. The quantitative estimate of drug-likeness (QED) is 0.838. The summed E-state index contributed by atoms with van der Waals surface area (Å²) in [6.45, 7) is 4.31. The third-order valence-corrected chi connectivity index (χ3v) is 3.03. The minimum atomic E-state index is 0.250. The van der Waals surface area contributed by atoms with Gasteiger partial charge < -0.3 is 4.90 Å². The molecule has 2 aromatic carbocycles. The summed E-state index contributed by atoms with van der Waals surface area (Å²) >= 11 is 0. The first-order valence-electron chi connectivity index (χ1n) is 6.34. The van der Waals surface area contributed by atoms with Gasteiger partial charge in [0, 0.05) is 19.8 Å². The van der Waals surface area contributed by atoms with Crippen molar-refractivity contribution in [2.75, 3.05) is 19.0 Å². The van der Waals surface area contributed by atoms with Crippen LogP contribution in [0.2, 0.25) is 0 Å². The van der Waals surface area contributed by atoms with Crippen LogP contribution >= 0.6 is 0 Å². The molecule has 104 valence electrons. The Bertz CT molecular complexity index is 612. The second-order valence-corrected chi connectivity index (χ2v) is 4.85. The standard InChI is InChI=1S/C16H19N.CO2/c1-12-9-14(11-15(10-12)17(3)4)16-8-6-5-7-13(16)2;2-1-3/h5-11H,1-4H3;. The maximum atomic E-state index is 8.12. The molecule has 0 atom stereocenters. The van der Waals surface area contributed by atoms with Crippen LogP contribution in [0.25, 0.3) is 11.1 Å². The second-order valence-electron chi connectivity index (χ2n) is 4.85. The first-order valence-corrected chi connectivity index (χ1v) is 6.34. The number of anilines is 1. The molecule has 0 aliphatic heterocycles. The monoisotopic (exact) mass is 269 g/mol. The molecular formula is C17H19NO2. The summed E-state index contributed by atoms with van der Waals surface area (Å²) < 4.78 is 0. The van der Waals surface area contributed by atoms with Gasteiger partial charge >= 0.3 is 6.15 Å². The lowest BCUT2D eigenvalue weighted by molar-refractivity contribution is -0.191. The summed E-state index contributed by atoms with van der Waals surface area (Å²) in [4.78, 5) is 18.4. The fourth-order valence-corrected chi connectivity index (χ4v) is 2.07. The Morgan fingerprint density at radius 1 is 0.950 bits per heavy atom. The van der Waals surface area contributed by atoms with E-state index in [0.29, 0.717) is 0 Å². The van der Waals surface area contributed by atoms with Crippen molar-refractivity contribution in [3.63, 3.8) is 0 Å². The lowest BCUT2D eigenvalue weighted by atomic mass is 9.98. The molecule has 0 N–H and O–H groups in total. The van der Waals surface area contributed by atoms with Gasteiger partial charge in [0.1, 0.15) is 0 Å². The van der Waals surface area contributed by atoms with E-state index in [2.05, 4.69) is 75.3 Å². The van der Waals surface area contributed by atoms with Crippen LogP contribution in [0.4, 0.5) is 5.69 Å². The molecule has 0 fully saturated rings. The van der Waals surface area contributed by atoms with Gasteiger partial charge in [-0.1, -0.05) is 30.3 Å². The fourth-order valence-electron chi connectivity index (χ4n) is 2.07. The number of hydrogen-bond donors (Lipinski definition) is 0. The molecule has 0 radical (unpaired) electrons. The van der Waals surface area contributed by atoms with Gasteiger partial charge in [-0.25, -0.2) is 0 Å². The topological polar surface area (TPSA) is 37.4 Å². The predicted octanol–water partition coefficient (Wildman–Crippen LogP) is 3.45. The lowest BCUT2D eigenvalue weighted by Gasteiger charge is -2.16. The SMILES string of the molecule is Cc1cc(-c2ccccc2C)cc(N(C)C)c1.O=C=O. The Hall–Kier alpha value is -2.38. The van der Waals surface area contributed by atoms with E-state index in [1.165, 1.54) is 27.9 Å². The number of aryl methyl sites for hydroxylation is 2. The second kappa shape index (κ2) is 7.27. The highest BCUT2D eigenvalue weighted by atomic mass is 16.2. The number of rotatable bonds is 2. The molecule has 3 heteroatoms. The van der Waals surface area contributed by atoms with Gasteiger partial charge in [-0.15, -0.1) is 0 Å². The van der Waals surface area contributed by atoms with Crippen LogP contribution in [-0.2, 0) is 9.59 Å². The van der Waals surface area contributed by atoms with Crippen LogP contribution < -0.4 is 4.90 Å². The maximum absolute atomic E-state index is 8.12. The van der Waals surface area contributed by atoms with Gasteiger partial charge in [0.15, 0.2) is 0 Å². The smallest absolute Gasteiger partial charge is 0.373 e. The summed E-state index contributed by atoms with van der Waals surface area (Å²) in [6, 6.07) is 15.2. The van der Waals surface area contributed by atoms with Crippen LogP contribution in [0.5, 0.6) is 0 Å². The lowest BCUT2D eigenvalue weighted by Crippen LogP contribution is -2.08. The third-order valence-electron chi connectivity index (χ3n) is 3.03. The van der Waals surface area contributed by atoms with Crippen LogP contribution in [0.3, 0.4) is 0 Å². The number of carbonyl (C=O) groups excluding carboxylic acids is 2. The zero-order chi connectivity index (χ0) is 15.1. The van der Waals surface area contributed by atoms with Crippen LogP contribution in [0.15, 0.2) is 42.5 Å². The molecule has 0 bridgehead atoms.